The smallest absolute Gasteiger partial charge is 0.221 e. The third-order valence-electron chi connectivity index (χ3n) is 5.79. The molecular formula is C22H35N3O2. The monoisotopic (exact) mass is 373 g/mol. The molecule has 5 nitrogen and oxygen atoms in total. The van der Waals surface area contributed by atoms with Gasteiger partial charge in [0.2, 0.25) is 5.91 Å². The van der Waals surface area contributed by atoms with Crippen LogP contribution < -0.4 is 5.32 Å². The van der Waals surface area contributed by atoms with Gasteiger partial charge in [0, 0.05) is 32.1 Å². The van der Waals surface area contributed by atoms with Crippen LogP contribution in [0.5, 0.6) is 5.75 Å². The Bertz CT molecular complexity index is 585. The van der Waals surface area contributed by atoms with Crippen molar-refractivity contribution in [3.05, 3.63) is 29.8 Å². The van der Waals surface area contributed by atoms with Crippen LogP contribution in [0.15, 0.2) is 24.3 Å². The van der Waals surface area contributed by atoms with Gasteiger partial charge in [-0.25, -0.2) is 0 Å². The van der Waals surface area contributed by atoms with E-state index in [-0.39, 0.29) is 11.9 Å². The lowest BCUT2D eigenvalue weighted by atomic mass is 10.0. The third-order valence-corrected chi connectivity index (χ3v) is 5.79. The van der Waals surface area contributed by atoms with E-state index < -0.39 is 0 Å². The molecule has 1 amide bonds. The number of amides is 1. The van der Waals surface area contributed by atoms with E-state index in [1.165, 1.54) is 32.1 Å². The second-order valence-electron chi connectivity index (χ2n) is 8.17. The van der Waals surface area contributed by atoms with Crippen LogP contribution >= 0.6 is 0 Å². The van der Waals surface area contributed by atoms with Crippen LogP contribution in [0.25, 0.3) is 0 Å². The Labute approximate surface area is 163 Å². The normalized spacial score (nSPS) is 22.7. The van der Waals surface area contributed by atoms with Gasteiger partial charge in [0.05, 0.1) is 0 Å². The molecule has 0 spiro atoms. The van der Waals surface area contributed by atoms with E-state index in [9.17, 15) is 9.90 Å². The van der Waals surface area contributed by atoms with Gasteiger partial charge in [-0.2, -0.15) is 0 Å². The van der Waals surface area contributed by atoms with Gasteiger partial charge >= 0.3 is 0 Å². The molecule has 150 valence electrons. The Kier molecular flexibility index (Phi) is 7.96. The van der Waals surface area contributed by atoms with Crippen molar-refractivity contribution in [2.75, 3.05) is 32.7 Å². The SMILES string of the molecule is O=C(CCN1CCCCCCC1)NC1CCCN(Cc2cccc(O)c2)C1. The molecule has 27 heavy (non-hydrogen) atoms. The predicted octanol–water partition coefficient (Wildman–Crippen LogP) is 3.13. The number of piperidine rings is 1. The number of aromatic hydroxyl groups is 1. The first kappa shape index (κ1) is 20.2. The lowest BCUT2D eigenvalue weighted by Gasteiger charge is -2.33. The number of phenols is 1. The maximum atomic E-state index is 12.4. The molecule has 2 N–H and O–H groups in total. The molecule has 1 atom stereocenters. The summed E-state index contributed by atoms with van der Waals surface area (Å²) in [6.45, 7) is 5.96. The largest absolute Gasteiger partial charge is 0.508 e. The van der Waals surface area contributed by atoms with Gasteiger partial charge in [-0.1, -0.05) is 31.4 Å². The van der Waals surface area contributed by atoms with Crippen LogP contribution in [0.4, 0.5) is 0 Å². The highest BCUT2D eigenvalue weighted by Crippen LogP contribution is 2.17. The average molecular weight is 374 g/mol. The molecule has 1 aromatic carbocycles. The Morgan fingerprint density at radius 3 is 2.56 bits per heavy atom. The lowest BCUT2D eigenvalue weighted by Crippen LogP contribution is -2.47. The Morgan fingerprint density at radius 2 is 1.78 bits per heavy atom. The lowest BCUT2D eigenvalue weighted by molar-refractivity contribution is -0.122. The van der Waals surface area contributed by atoms with Gasteiger partial charge in [-0.05, 0) is 63.0 Å². The Hall–Kier alpha value is -1.59. The highest BCUT2D eigenvalue weighted by Gasteiger charge is 2.21. The number of benzene rings is 1. The summed E-state index contributed by atoms with van der Waals surface area (Å²) >= 11 is 0. The standard InChI is InChI=1S/C22H35N3O2/c26-21-10-6-8-19(16-21)17-25-14-7-9-20(18-25)23-22(27)11-15-24-12-4-2-1-3-5-13-24/h6,8,10,16,20,26H,1-5,7,9,11-15,17-18H2,(H,23,27). The number of rotatable bonds is 6. The molecule has 1 unspecified atom stereocenters. The van der Waals surface area contributed by atoms with Gasteiger partial charge in [0.1, 0.15) is 5.75 Å². The second-order valence-corrected chi connectivity index (χ2v) is 8.17. The number of likely N-dealkylation sites (tertiary alicyclic amines) is 2. The molecule has 0 aromatic heterocycles. The molecule has 0 bridgehead atoms. The Balaban J connectivity index is 1.39. The zero-order valence-corrected chi connectivity index (χ0v) is 16.5. The molecule has 5 heteroatoms. The molecule has 2 heterocycles. The zero-order valence-electron chi connectivity index (χ0n) is 16.5. The second kappa shape index (κ2) is 10.7. The van der Waals surface area contributed by atoms with E-state index in [0.29, 0.717) is 12.2 Å². The number of hydrogen-bond donors (Lipinski definition) is 2. The molecule has 2 fully saturated rings. The number of carbonyl (C=O) groups excluding carboxylic acids is 1. The minimum atomic E-state index is 0.196. The number of nitrogens with zero attached hydrogens (tertiary/aromatic N) is 2. The maximum absolute atomic E-state index is 12.4. The number of hydrogen-bond acceptors (Lipinski definition) is 4. The van der Waals surface area contributed by atoms with Crippen molar-refractivity contribution in [3.8, 4) is 5.75 Å². The third kappa shape index (κ3) is 7.15. The average Bonchev–Trinajstić information content (AvgIpc) is 2.61. The van der Waals surface area contributed by atoms with Crippen molar-refractivity contribution < 1.29 is 9.90 Å². The summed E-state index contributed by atoms with van der Waals surface area (Å²) in [7, 11) is 0. The van der Waals surface area contributed by atoms with E-state index in [0.717, 1.165) is 57.7 Å². The van der Waals surface area contributed by atoms with Crippen molar-refractivity contribution in [2.24, 2.45) is 0 Å². The van der Waals surface area contributed by atoms with Crippen molar-refractivity contribution in [3.63, 3.8) is 0 Å². The summed E-state index contributed by atoms with van der Waals surface area (Å²) in [5.41, 5.74) is 1.12. The summed E-state index contributed by atoms with van der Waals surface area (Å²) in [6.07, 6.45) is 9.36. The topological polar surface area (TPSA) is 55.8 Å². The highest BCUT2D eigenvalue weighted by atomic mass is 16.3. The first-order valence-corrected chi connectivity index (χ1v) is 10.7. The summed E-state index contributed by atoms with van der Waals surface area (Å²) in [6, 6.07) is 7.71. The van der Waals surface area contributed by atoms with Crippen molar-refractivity contribution >= 4 is 5.91 Å². The number of carbonyl (C=O) groups is 1. The zero-order chi connectivity index (χ0) is 18.9. The van der Waals surface area contributed by atoms with Crippen LogP contribution in [0.2, 0.25) is 0 Å². The van der Waals surface area contributed by atoms with Crippen molar-refractivity contribution in [1.29, 1.82) is 0 Å². The number of nitrogens with one attached hydrogen (secondary N) is 1. The van der Waals surface area contributed by atoms with Crippen LogP contribution in [0.1, 0.15) is 56.9 Å². The summed E-state index contributed by atoms with van der Waals surface area (Å²) in [5, 5.41) is 12.9. The van der Waals surface area contributed by atoms with Gasteiger partial charge in [-0.15, -0.1) is 0 Å². The quantitative estimate of drug-likeness (QED) is 0.804. The van der Waals surface area contributed by atoms with E-state index in [2.05, 4.69) is 15.1 Å². The highest BCUT2D eigenvalue weighted by molar-refractivity contribution is 5.76. The van der Waals surface area contributed by atoms with E-state index >= 15 is 0 Å². The van der Waals surface area contributed by atoms with E-state index in [1.807, 2.05) is 18.2 Å². The van der Waals surface area contributed by atoms with E-state index in [1.54, 1.807) is 6.07 Å². The first-order valence-electron chi connectivity index (χ1n) is 10.7. The fourth-order valence-corrected chi connectivity index (χ4v) is 4.33. The molecule has 2 saturated heterocycles. The fourth-order valence-electron chi connectivity index (χ4n) is 4.33. The first-order chi connectivity index (χ1) is 13.2. The molecule has 2 aliphatic rings. The van der Waals surface area contributed by atoms with Crippen LogP contribution in [0.3, 0.4) is 0 Å². The van der Waals surface area contributed by atoms with Crippen molar-refractivity contribution in [1.82, 2.24) is 15.1 Å². The molecule has 2 aliphatic heterocycles. The Morgan fingerprint density at radius 1 is 1.04 bits per heavy atom. The van der Waals surface area contributed by atoms with Gasteiger partial charge < -0.3 is 15.3 Å². The minimum Gasteiger partial charge on any atom is -0.508 e. The summed E-state index contributed by atoms with van der Waals surface area (Å²) in [5.74, 6) is 0.514. The van der Waals surface area contributed by atoms with Crippen LogP contribution in [-0.2, 0) is 11.3 Å². The minimum absolute atomic E-state index is 0.196. The van der Waals surface area contributed by atoms with Crippen LogP contribution in [-0.4, -0.2) is 59.6 Å². The molecule has 0 saturated carbocycles. The molecule has 3 rings (SSSR count). The maximum Gasteiger partial charge on any atom is 0.221 e. The predicted molar refractivity (Wildman–Crippen MR) is 109 cm³/mol. The number of phenolic OH excluding ortho intramolecular Hbond substituents is 1. The molecular weight excluding hydrogens is 338 g/mol. The van der Waals surface area contributed by atoms with Crippen molar-refractivity contribution in [2.45, 2.75) is 64.0 Å². The fraction of sp³-hybridized carbons (Fsp3) is 0.682. The summed E-state index contributed by atoms with van der Waals surface area (Å²) < 4.78 is 0. The van der Waals surface area contributed by atoms with Crippen LogP contribution in [0, 0.1) is 0 Å². The van der Waals surface area contributed by atoms with Gasteiger partial charge in [0.25, 0.3) is 0 Å². The molecule has 0 radical (unpaired) electrons. The van der Waals surface area contributed by atoms with Gasteiger partial charge in [-0.3, -0.25) is 9.69 Å². The van der Waals surface area contributed by atoms with Gasteiger partial charge in [0.15, 0.2) is 0 Å². The molecule has 0 aliphatic carbocycles. The summed E-state index contributed by atoms with van der Waals surface area (Å²) in [4.78, 5) is 17.3. The van der Waals surface area contributed by atoms with E-state index in [4.69, 9.17) is 0 Å². The molecule has 1 aromatic rings.